The highest BCUT2D eigenvalue weighted by Gasteiger charge is 2.26. The summed E-state index contributed by atoms with van der Waals surface area (Å²) in [7, 11) is 0. The lowest BCUT2D eigenvalue weighted by molar-refractivity contribution is 0.561. The predicted octanol–water partition coefficient (Wildman–Crippen LogP) is 3.12. The Morgan fingerprint density at radius 1 is 1.50 bits per heavy atom. The molecule has 0 bridgehead atoms. The van der Waals surface area contributed by atoms with E-state index < -0.39 is 11.4 Å². The van der Waals surface area contributed by atoms with Crippen LogP contribution in [0.1, 0.15) is 33.3 Å². The van der Waals surface area contributed by atoms with Gasteiger partial charge in [0.2, 0.25) is 0 Å². The van der Waals surface area contributed by atoms with Crippen LogP contribution in [0, 0.1) is 0 Å². The Labute approximate surface area is 108 Å². The van der Waals surface area contributed by atoms with Gasteiger partial charge in [-0.3, -0.25) is 0 Å². The fraction of sp³-hybridized carbons (Fsp3) is 0.455. The molecule has 0 aromatic carbocycles. The van der Waals surface area contributed by atoms with E-state index in [1.165, 1.54) is 0 Å². The molecule has 1 atom stereocenters. The molecule has 1 heterocycles. The van der Waals surface area contributed by atoms with Crippen molar-refractivity contribution in [3.63, 3.8) is 0 Å². The van der Waals surface area contributed by atoms with Crippen molar-refractivity contribution in [1.29, 1.82) is 0 Å². The number of hydrogen-bond acceptors (Lipinski definition) is 3. The van der Waals surface area contributed by atoms with E-state index in [0.717, 1.165) is 15.9 Å². The minimum atomic E-state index is -1.22. The van der Waals surface area contributed by atoms with Gasteiger partial charge in [0, 0.05) is 11.8 Å². The van der Waals surface area contributed by atoms with Crippen LogP contribution in [0.3, 0.4) is 0 Å². The molecule has 0 saturated carbocycles. The highest BCUT2D eigenvalue weighted by Crippen LogP contribution is 2.18. The van der Waals surface area contributed by atoms with Crippen molar-refractivity contribution in [3.8, 4) is 0 Å². The first kappa shape index (κ1) is 13.7. The van der Waals surface area contributed by atoms with E-state index in [1.54, 1.807) is 6.20 Å². The van der Waals surface area contributed by atoms with E-state index in [1.807, 2.05) is 39.8 Å². The summed E-state index contributed by atoms with van der Waals surface area (Å²) in [6, 6.07) is 3.71. The van der Waals surface area contributed by atoms with E-state index in [4.69, 9.17) is 0 Å². The Balaban J connectivity index is 2.94. The quantitative estimate of drug-likeness (QED) is 0.479. The average Bonchev–Trinajstić information content (AvgIpc) is 2.16. The van der Waals surface area contributed by atoms with Crippen molar-refractivity contribution in [2.24, 2.45) is 4.40 Å². The zero-order valence-electron chi connectivity index (χ0n) is 9.82. The van der Waals surface area contributed by atoms with Gasteiger partial charge in [0.25, 0.3) is 0 Å². The Kier molecular flexibility index (Phi) is 4.52. The number of nitrogens with zero attached hydrogens (tertiary/aromatic N) is 2. The fourth-order valence-corrected chi connectivity index (χ4v) is 1.93. The lowest BCUT2D eigenvalue weighted by atomic mass is 10.2. The molecule has 3 nitrogen and oxygen atoms in total. The van der Waals surface area contributed by atoms with Crippen LogP contribution < -0.4 is 0 Å². The molecule has 0 fully saturated rings. The van der Waals surface area contributed by atoms with Gasteiger partial charge >= 0.3 is 0 Å². The second-order valence-electron chi connectivity index (χ2n) is 4.41. The van der Waals surface area contributed by atoms with Crippen LogP contribution in [0.2, 0.25) is 0 Å². The SMILES string of the molecule is C/C(=N\[S+]([O-])C(C)(C)C)c1ccnc(Br)c1. The van der Waals surface area contributed by atoms with E-state index >= 15 is 0 Å². The molecule has 0 amide bonds. The van der Waals surface area contributed by atoms with Crippen molar-refractivity contribution in [2.75, 3.05) is 0 Å². The number of pyridine rings is 1. The van der Waals surface area contributed by atoms with Crippen LogP contribution in [0.15, 0.2) is 27.3 Å². The monoisotopic (exact) mass is 302 g/mol. The van der Waals surface area contributed by atoms with Crippen molar-refractivity contribution in [2.45, 2.75) is 32.4 Å². The number of halogens is 1. The van der Waals surface area contributed by atoms with E-state index in [0.29, 0.717) is 0 Å². The van der Waals surface area contributed by atoms with Crippen LogP contribution in [0.4, 0.5) is 0 Å². The van der Waals surface area contributed by atoms with Gasteiger partial charge < -0.3 is 4.55 Å². The number of hydrogen-bond donors (Lipinski definition) is 0. The van der Waals surface area contributed by atoms with Gasteiger partial charge in [0.05, 0.1) is 5.71 Å². The summed E-state index contributed by atoms with van der Waals surface area (Å²) in [5, 5.41) is 0. The van der Waals surface area contributed by atoms with Gasteiger partial charge in [0.15, 0.2) is 0 Å². The molecule has 1 aromatic heterocycles. The molecule has 1 unspecified atom stereocenters. The maximum Gasteiger partial charge on any atom is 0.144 e. The largest absolute Gasteiger partial charge is 0.591 e. The second-order valence-corrected chi connectivity index (χ2v) is 7.12. The Morgan fingerprint density at radius 3 is 2.62 bits per heavy atom. The lowest BCUT2D eigenvalue weighted by Gasteiger charge is -2.18. The Hall–Kier alpha value is -0.390. The predicted molar refractivity (Wildman–Crippen MR) is 72.0 cm³/mol. The number of aromatic nitrogens is 1. The molecule has 1 aromatic rings. The minimum absolute atomic E-state index is 0.328. The maximum absolute atomic E-state index is 11.8. The standard InChI is InChI=1S/C11H15BrN2OS/c1-8(14-16(15)11(2,3)4)9-5-6-13-10(12)7-9/h5-7H,1-4H3/b14-8+. The van der Waals surface area contributed by atoms with Gasteiger partial charge in [-0.15, -0.1) is 0 Å². The molecule has 0 aliphatic heterocycles. The third kappa shape index (κ3) is 3.88. The minimum Gasteiger partial charge on any atom is -0.591 e. The van der Waals surface area contributed by atoms with Crippen LogP contribution in [0.25, 0.3) is 0 Å². The molecule has 1 rings (SSSR count). The van der Waals surface area contributed by atoms with Gasteiger partial charge in [-0.25, -0.2) is 4.98 Å². The van der Waals surface area contributed by atoms with Gasteiger partial charge in [-0.05, 0) is 55.8 Å². The summed E-state index contributed by atoms with van der Waals surface area (Å²) in [6.07, 6.45) is 1.69. The summed E-state index contributed by atoms with van der Waals surface area (Å²) in [5.41, 5.74) is 1.69. The second kappa shape index (κ2) is 5.29. The van der Waals surface area contributed by atoms with E-state index in [9.17, 15) is 4.55 Å². The molecule has 0 spiro atoms. The summed E-state index contributed by atoms with van der Waals surface area (Å²) >= 11 is 2.07. The molecule has 0 aliphatic carbocycles. The molecule has 0 aliphatic rings. The molecular formula is C11H15BrN2OS. The third-order valence-corrected chi connectivity index (χ3v) is 3.81. The summed E-state index contributed by atoms with van der Waals surface area (Å²) < 4.78 is 16.5. The molecule has 88 valence electrons. The van der Waals surface area contributed by atoms with Crippen molar-refractivity contribution < 1.29 is 4.55 Å². The first-order valence-electron chi connectivity index (χ1n) is 4.90. The van der Waals surface area contributed by atoms with Gasteiger partial charge in [0.1, 0.15) is 20.7 Å². The van der Waals surface area contributed by atoms with E-state index in [-0.39, 0.29) is 4.75 Å². The number of rotatable bonds is 2. The summed E-state index contributed by atoms with van der Waals surface area (Å²) in [4.78, 5) is 4.04. The highest BCUT2D eigenvalue weighted by atomic mass is 79.9. The van der Waals surface area contributed by atoms with Crippen molar-refractivity contribution in [1.82, 2.24) is 4.98 Å². The maximum atomic E-state index is 11.8. The third-order valence-electron chi connectivity index (χ3n) is 1.89. The first-order chi connectivity index (χ1) is 7.30. The zero-order valence-corrected chi connectivity index (χ0v) is 12.2. The Bertz CT molecular complexity index is 401. The normalized spacial score (nSPS) is 15.0. The molecular weight excluding hydrogens is 288 g/mol. The highest BCUT2D eigenvalue weighted by molar-refractivity contribution is 9.10. The smallest absolute Gasteiger partial charge is 0.144 e. The molecule has 0 radical (unpaired) electrons. The van der Waals surface area contributed by atoms with Crippen molar-refractivity contribution >= 4 is 33.0 Å². The summed E-state index contributed by atoms with van der Waals surface area (Å²) in [6.45, 7) is 7.57. The Morgan fingerprint density at radius 2 is 2.12 bits per heavy atom. The molecule has 0 saturated heterocycles. The molecule has 0 N–H and O–H groups in total. The van der Waals surface area contributed by atoms with Crippen LogP contribution in [-0.4, -0.2) is 20.0 Å². The average molecular weight is 303 g/mol. The topological polar surface area (TPSA) is 48.3 Å². The van der Waals surface area contributed by atoms with Crippen LogP contribution >= 0.6 is 15.9 Å². The fourth-order valence-electron chi connectivity index (χ4n) is 0.942. The lowest BCUT2D eigenvalue weighted by Crippen LogP contribution is -2.26. The van der Waals surface area contributed by atoms with Gasteiger partial charge in [-0.2, -0.15) is 0 Å². The van der Waals surface area contributed by atoms with Crippen molar-refractivity contribution in [3.05, 3.63) is 28.5 Å². The zero-order chi connectivity index (χ0) is 12.3. The van der Waals surface area contributed by atoms with Crippen LogP contribution in [0.5, 0.6) is 0 Å². The first-order valence-corrected chi connectivity index (χ1v) is 6.80. The van der Waals surface area contributed by atoms with Gasteiger partial charge in [-0.1, -0.05) is 4.40 Å². The molecule has 16 heavy (non-hydrogen) atoms. The van der Waals surface area contributed by atoms with E-state index in [2.05, 4.69) is 25.3 Å². The summed E-state index contributed by atoms with van der Waals surface area (Å²) in [5.74, 6) is 0. The van der Waals surface area contributed by atoms with Crippen LogP contribution in [-0.2, 0) is 11.4 Å². The molecule has 5 heteroatoms.